The van der Waals surface area contributed by atoms with E-state index in [1.165, 1.54) is 10.8 Å². The lowest BCUT2D eigenvalue weighted by molar-refractivity contribution is 1.22. The van der Waals surface area contributed by atoms with Crippen molar-refractivity contribution in [3.63, 3.8) is 0 Å². The Morgan fingerprint density at radius 2 is 2.07 bits per heavy atom. The standard InChI is InChI=1S/C12H9BrN2/c1-7-12-10(4-5-14-7)9-3-2-8(13)6-11(9)15-12/h2-6,15H,1H3. The van der Waals surface area contributed by atoms with Crippen LogP contribution >= 0.6 is 15.9 Å². The first-order valence-corrected chi connectivity index (χ1v) is 5.57. The van der Waals surface area contributed by atoms with Crippen LogP contribution in [-0.2, 0) is 0 Å². The maximum Gasteiger partial charge on any atom is 0.0681 e. The van der Waals surface area contributed by atoms with Crippen LogP contribution in [0, 0.1) is 6.92 Å². The number of fused-ring (bicyclic) bond motifs is 3. The van der Waals surface area contributed by atoms with Crippen molar-refractivity contribution >= 4 is 37.7 Å². The second kappa shape index (κ2) is 3.07. The predicted molar refractivity (Wildman–Crippen MR) is 66.0 cm³/mol. The topological polar surface area (TPSA) is 28.7 Å². The van der Waals surface area contributed by atoms with E-state index in [0.29, 0.717) is 0 Å². The van der Waals surface area contributed by atoms with E-state index in [9.17, 15) is 0 Å². The summed E-state index contributed by atoms with van der Waals surface area (Å²) in [6.07, 6.45) is 1.85. The molecule has 3 aromatic rings. The number of H-pyrrole nitrogens is 1. The summed E-state index contributed by atoms with van der Waals surface area (Å²) in [5.74, 6) is 0. The van der Waals surface area contributed by atoms with Gasteiger partial charge in [0, 0.05) is 27.0 Å². The summed E-state index contributed by atoms with van der Waals surface area (Å²) in [6.45, 7) is 2.02. The molecule has 3 heteroatoms. The van der Waals surface area contributed by atoms with Crippen molar-refractivity contribution in [1.29, 1.82) is 0 Å². The van der Waals surface area contributed by atoms with E-state index in [4.69, 9.17) is 0 Å². The minimum atomic E-state index is 1.04. The van der Waals surface area contributed by atoms with Crippen molar-refractivity contribution < 1.29 is 0 Å². The lowest BCUT2D eigenvalue weighted by atomic mass is 10.2. The van der Waals surface area contributed by atoms with E-state index < -0.39 is 0 Å². The molecule has 0 aliphatic carbocycles. The van der Waals surface area contributed by atoms with Gasteiger partial charge in [0.1, 0.15) is 0 Å². The summed E-state index contributed by atoms with van der Waals surface area (Å²) in [5, 5.41) is 2.49. The molecule has 0 aliphatic rings. The number of aryl methyl sites for hydroxylation is 1. The van der Waals surface area contributed by atoms with Crippen molar-refractivity contribution in [2.45, 2.75) is 6.92 Å². The molecular formula is C12H9BrN2. The lowest BCUT2D eigenvalue weighted by Gasteiger charge is -1.93. The molecule has 15 heavy (non-hydrogen) atoms. The molecule has 2 heterocycles. The van der Waals surface area contributed by atoms with Gasteiger partial charge in [-0.3, -0.25) is 4.98 Å². The van der Waals surface area contributed by atoms with Gasteiger partial charge in [0.15, 0.2) is 0 Å². The van der Waals surface area contributed by atoms with Gasteiger partial charge >= 0.3 is 0 Å². The Kier molecular flexibility index (Phi) is 1.83. The van der Waals surface area contributed by atoms with E-state index >= 15 is 0 Å². The zero-order valence-corrected chi connectivity index (χ0v) is 9.80. The molecule has 0 saturated carbocycles. The molecule has 0 unspecified atom stereocenters. The molecule has 2 nitrogen and oxygen atoms in total. The van der Waals surface area contributed by atoms with E-state index in [2.05, 4.69) is 50.2 Å². The number of pyridine rings is 1. The van der Waals surface area contributed by atoms with Gasteiger partial charge in [-0.1, -0.05) is 22.0 Å². The third kappa shape index (κ3) is 1.27. The highest BCUT2D eigenvalue weighted by Gasteiger charge is 2.06. The molecule has 0 fully saturated rings. The zero-order valence-electron chi connectivity index (χ0n) is 8.21. The van der Waals surface area contributed by atoms with Gasteiger partial charge in [0.25, 0.3) is 0 Å². The largest absolute Gasteiger partial charge is 0.353 e. The number of hydrogen-bond acceptors (Lipinski definition) is 1. The molecule has 74 valence electrons. The Morgan fingerprint density at radius 1 is 1.20 bits per heavy atom. The fraction of sp³-hybridized carbons (Fsp3) is 0.0833. The number of nitrogens with zero attached hydrogens (tertiary/aromatic N) is 1. The average Bonchev–Trinajstić information content (AvgIpc) is 2.57. The fourth-order valence-electron chi connectivity index (χ4n) is 1.94. The van der Waals surface area contributed by atoms with Crippen LogP contribution in [0.1, 0.15) is 5.69 Å². The van der Waals surface area contributed by atoms with Gasteiger partial charge in [-0.2, -0.15) is 0 Å². The Hall–Kier alpha value is -1.35. The summed E-state index contributed by atoms with van der Waals surface area (Å²) in [5.41, 5.74) is 3.32. The number of halogens is 1. The molecule has 3 rings (SSSR count). The van der Waals surface area contributed by atoms with Gasteiger partial charge in [0.05, 0.1) is 11.2 Å². The summed E-state index contributed by atoms with van der Waals surface area (Å²) in [4.78, 5) is 7.68. The highest BCUT2D eigenvalue weighted by atomic mass is 79.9. The molecule has 0 atom stereocenters. The van der Waals surface area contributed by atoms with Crippen LogP contribution in [0.25, 0.3) is 21.8 Å². The first kappa shape index (κ1) is 8.92. The molecule has 0 bridgehead atoms. The predicted octanol–water partition coefficient (Wildman–Crippen LogP) is 3.79. The van der Waals surface area contributed by atoms with Crippen molar-refractivity contribution in [3.8, 4) is 0 Å². The first-order chi connectivity index (χ1) is 7.25. The minimum Gasteiger partial charge on any atom is -0.353 e. The smallest absolute Gasteiger partial charge is 0.0681 e. The minimum absolute atomic E-state index is 1.04. The Morgan fingerprint density at radius 3 is 2.93 bits per heavy atom. The van der Waals surface area contributed by atoms with Crippen molar-refractivity contribution in [2.24, 2.45) is 0 Å². The maximum atomic E-state index is 4.28. The Bertz CT molecular complexity index is 655. The SMILES string of the molecule is Cc1nccc2c1[nH]c1cc(Br)ccc12. The van der Waals surface area contributed by atoms with Crippen molar-refractivity contribution in [3.05, 3.63) is 40.6 Å². The second-order valence-corrected chi connectivity index (χ2v) is 4.55. The van der Waals surface area contributed by atoms with Crippen LogP contribution in [0.5, 0.6) is 0 Å². The van der Waals surface area contributed by atoms with Crippen LogP contribution in [0.2, 0.25) is 0 Å². The van der Waals surface area contributed by atoms with Gasteiger partial charge in [-0.15, -0.1) is 0 Å². The summed E-state index contributed by atoms with van der Waals surface area (Å²) in [6, 6.07) is 8.33. The third-order valence-electron chi connectivity index (χ3n) is 2.67. The molecule has 0 saturated heterocycles. The molecular weight excluding hydrogens is 252 g/mol. The number of aromatic nitrogens is 2. The Balaban J connectivity index is 2.57. The first-order valence-electron chi connectivity index (χ1n) is 4.78. The maximum absolute atomic E-state index is 4.28. The summed E-state index contributed by atoms with van der Waals surface area (Å²) >= 11 is 3.47. The number of benzene rings is 1. The van der Waals surface area contributed by atoms with Crippen LogP contribution in [-0.4, -0.2) is 9.97 Å². The van der Waals surface area contributed by atoms with Gasteiger partial charge < -0.3 is 4.98 Å². The van der Waals surface area contributed by atoms with Crippen LogP contribution in [0.4, 0.5) is 0 Å². The number of hydrogen-bond donors (Lipinski definition) is 1. The molecule has 0 radical (unpaired) electrons. The number of nitrogens with one attached hydrogen (secondary N) is 1. The molecule has 0 aliphatic heterocycles. The van der Waals surface area contributed by atoms with Crippen LogP contribution in [0.3, 0.4) is 0 Å². The zero-order chi connectivity index (χ0) is 10.4. The van der Waals surface area contributed by atoms with E-state index in [-0.39, 0.29) is 0 Å². The lowest BCUT2D eigenvalue weighted by Crippen LogP contribution is -1.79. The monoisotopic (exact) mass is 260 g/mol. The van der Waals surface area contributed by atoms with Crippen molar-refractivity contribution in [1.82, 2.24) is 9.97 Å². The molecule has 0 spiro atoms. The summed E-state index contributed by atoms with van der Waals surface area (Å²) in [7, 11) is 0. The van der Waals surface area contributed by atoms with Gasteiger partial charge in [-0.25, -0.2) is 0 Å². The second-order valence-electron chi connectivity index (χ2n) is 3.63. The normalized spacial score (nSPS) is 11.3. The van der Waals surface area contributed by atoms with Crippen LogP contribution in [0.15, 0.2) is 34.9 Å². The molecule has 2 aromatic heterocycles. The average molecular weight is 261 g/mol. The molecule has 1 aromatic carbocycles. The quantitative estimate of drug-likeness (QED) is 0.655. The highest BCUT2D eigenvalue weighted by Crippen LogP contribution is 2.28. The Labute approximate surface area is 95.5 Å². The van der Waals surface area contributed by atoms with E-state index in [0.717, 1.165) is 21.2 Å². The highest BCUT2D eigenvalue weighted by molar-refractivity contribution is 9.10. The number of rotatable bonds is 0. The molecule has 1 N–H and O–H groups in total. The third-order valence-corrected chi connectivity index (χ3v) is 3.17. The fourth-order valence-corrected chi connectivity index (χ4v) is 2.30. The van der Waals surface area contributed by atoms with Crippen LogP contribution < -0.4 is 0 Å². The van der Waals surface area contributed by atoms with Gasteiger partial charge in [-0.05, 0) is 25.1 Å². The van der Waals surface area contributed by atoms with Crippen molar-refractivity contribution in [2.75, 3.05) is 0 Å². The van der Waals surface area contributed by atoms with Gasteiger partial charge in [0.2, 0.25) is 0 Å². The number of aromatic amines is 1. The van der Waals surface area contributed by atoms with E-state index in [1.54, 1.807) is 0 Å². The van der Waals surface area contributed by atoms with E-state index in [1.807, 2.05) is 13.1 Å². The summed E-state index contributed by atoms with van der Waals surface area (Å²) < 4.78 is 1.09. The molecule has 0 amide bonds.